The van der Waals surface area contributed by atoms with Crippen LogP contribution in [0.1, 0.15) is 31.5 Å². The summed E-state index contributed by atoms with van der Waals surface area (Å²) in [7, 11) is 0. The molecule has 0 saturated carbocycles. The zero-order chi connectivity index (χ0) is 13.0. The molecular formula is C13H22N4O. The summed E-state index contributed by atoms with van der Waals surface area (Å²) >= 11 is 0. The van der Waals surface area contributed by atoms with E-state index in [1.807, 2.05) is 13.0 Å². The number of likely N-dealkylation sites (N-methyl/N-ethyl adjacent to an activating group) is 1. The summed E-state index contributed by atoms with van der Waals surface area (Å²) in [5.74, 6) is 0.784. The molecule has 0 radical (unpaired) electrons. The largest absolute Gasteiger partial charge is 0.368 e. The van der Waals surface area contributed by atoms with Crippen molar-refractivity contribution in [1.82, 2.24) is 14.9 Å². The lowest BCUT2D eigenvalue weighted by Gasteiger charge is -2.31. The van der Waals surface area contributed by atoms with E-state index in [0.717, 1.165) is 44.2 Å². The molecule has 18 heavy (non-hydrogen) atoms. The van der Waals surface area contributed by atoms with Crippen LogP contribution in [0.3, 0.4) is 0 Å². The molecule has 2 unspecified atom stereocenters. The normalized spacial score (nSPS) is 22.9. The van der Waals surface area contributed by atoms with Gasteiger partial charge in [0.2, 0.25) is 0 Å². The Morgan fingerprint density at radius 3 is 3.17 bits per heavy atom. The third-order valence-corrected chi connectivity index (χ3v) is 3.15. The molecule has 1 aliphatic heterocycles. The smallest absolute Gasteiger partial charge is 0.158 e. The van der Waals surface area contributed by atoms with E-state index in [4.69, 9.17) is 10.5 Å². The lowest BCUT2D eigenvalue weighted by Crippen LogP contribution is -2.38. The number of rotatable bonds is 4. The number of morpholine rings is 1. The number of hydrogen-bond acceptors (Lipinski definition) is 5. The van der Waals surface area contributed by atoms with Gasteiger partial charge in [-0.15, -0.1) is 0 Å². The van der Waals surface area contributed by atoms with E-state index in [1.165, 1.54) is 0 Å². The van der Waals surface area contributed by atoms with Gasteiger partial charge in [0.15, 0.2) is 5.82 Å². The Balaban J connectivity index is 2.07. The van der Waals surface area contributed by atoms with Gasteiger partial charge in [0, 0.05) is 37.4 Å². The van der Waals surface area contributed by atoms with Crippen molar-refractivity contribution in [1.29, 1.82) is 0 Å². The molecular weight excluding hydrogens is 228 g/mol. The van der Waals surface area contributed by atoms with Crippen molar-refractivity contribution in [2.24, 2.45) is 5.73 Å². The summed E-state index contributed by atoms with van der Waals surface area (Å²) in [4.78, 5) is 11.3. The molecule has 2 atom stereocenters. The zero-order valence-corrected chi connectivity index (χ0v) is 11.2. The minimum absolute atomic E-state index is 0.00766. The van der Waals surface area contributed by atoms with Gasteiger partial charge in [-0.2, -0.15) is 0 Å². The molecule has 1 aliphatic rings. The van der Waals surface area contributed by atoms with E-state index in [9.17, 15) is 0 Å². The van der Waals surface area contributed by atoms with E-state index < -0.39 is 0 Å². The molecule has 1 aromatic rings. The van der Waals surface area contributed by atoms with Gasteiger partial charge in [0.05, 0.1) is 6.61 Å². The van der Waals surface area contributed by atoms with Crippen LogP contribution >= 0.6 is 0 Å². The first-order chi connectivity index (χ1) is 8.69. The molecule has 2 heterocycles. The Labute approximate surface area is 108 Å². The Morgan fingerprint density at radius 2 is 2.44 bits per heavy atom. The number of aromatic nitrogens is 2. The molecule has 0 amide bonds. The number of ether oxygens (including phenoxy) is 1. The van der Waals surface area contributed by atoms with Gasteiger partial charge in [-0.1, -0.05) is 6.92 Å². The van der Waals surface area contributed by atoms with E-state index in [0.29, 0.717) is 0 Å². The average molecular weight is 250 g/mol. The lowest BCUT2D eigenvalue weighted by atomic mass is 10.2. The van der Waals surface area contributed by atoms with Gasteiger partial charge in [-0.3, -0.25) is 4.90 Å². The van der Waals surface area contributed by atoms with Gasteiger partial charge in [0.1, 0.15) is 6.10 Å². The minimum atomic E-state index is -0.00766. The second kappa shape index (κ2) is 6.22. The predicted octanol–water partition coefficient (Wildman–Crippen LogP) is 0.759. The highest BCUT2D eigenvalue weighted by Gasteiger charge is 2.23. The highest BCUT2D eigenvalue weighted by Crippen LogP contribution is 2.18. The first kappa shape index (κ1) is 13.4. The van der Waals surface area contributed by atoms with Gasteiger partial charge in [0.25, 0.3) is 0 Å². The van der Waals surface area contributed by atoms with E-state index in [2.05, 4.69) is 21.8 Å². The van der Waals surface area contributed by atoms with Gasteiger partial charge in [-0.25, -0.2) is 9.97 Å². The van der Waals surface area contributed by atoms with Crippen LogP contribution in [0.5, 0.6) is 0 Å². The quantitative estimate of drug-likeness (QED) is 0.854. The van der Waals surface area contributed by atoms with E-state index >= 15 is 0 Å². The minimum Gasteiger partial charge on any atom is -0.368 e. The highest BCUT2D eigenvalue weighted by atomic mass is 16.5. The summed E-state index contributed by atoms with van der Waals surface area (Å²) in [5, 5.41) is 0. The van der Waals surface area contributed by atoms with E-state index in [1.54, 1.807) is 6.20 Å². The molecule has 1 saturated heterocycles. The number of hydrogen-bond donors (Lipinski definition) is 1. The fourth-order valence-electron chi connectivity index (χ4n) is 2.16. The van der Waals surface area contributed by atoms with Gasteiger partial charge in [-0.05, 0) is 19.5 Å². The molecule has 5 heteroatoms. The van der Waals surface area contributed by atoms with Crippen LogP contribution < -0.4 is 5.73 Å². The van der Waals surface area contributed by atoms with Crippen molar-refractivity contribution >= 4 is 0 Å². The van der Waals surface area contributed by atoms with Crippen LogP contribution in [-0.2, 0) is 11.2 Å². The van der Waals surface area contributed by atoms with Crippen molar-refractivity contribution in [3.63, 3.8) is 0 Å². The topological polar surface area (TPSA) is 64.3 Å². The Bertz CT molecular complexity index is 383. The predicted molar refractivity (Wildman–Crippen MR) is 70.2 cm³/mol. The van der Waals surface area contributed by atoms with Gasteiger partial charge < -0.3 is 10.5 Å². The summed E-state index contributed by atoms with van der Waals surface area (Å²) in [6.07, 6.45) is 2.57. The molecule has 1 fully saturated rings. The van der Waals surface area contributed by atoms with Crippen LogP contribution in [0.25, 0.3) is 0 Å². The fraction of sp³-hybridized carbons (Fsp3) is 0.692. The molecule has 5 nitrogen and oxygen atoms in total. The average Bonchev–Trinajstić information content (AvgIpc) is 2.38. The maximum Gasteiger partial charge on any atom is 0.158 e. The van der Waals surface area contributed by atoms with Gasteiger partial charge >= 0.3 is 0 Å². The number of nitrogens with zero attached hydrogens (tertiary/aromatic N) is 3. The van der Waals surface area contributed by atoms with Crippen LogP contribution in [0, 0.1) is 0 Å². The Kier molecular flexibility index (Phi) is 4.63. The van der Waals surface area contributed by atoms with Crippen LogP contribution in [0.15, 0.2) is 12.3 Å². The maximum absolute atomic E-state index is 5.80. The molecule has 0 aliphatic carbocycles. The standard InChI is InChI=1S/C13H22N4O/c1-3-17-6-7-18-12(9-17)13-15-5-4-11(16-13)8-10(2)14/h4-5,10,12H,3,6-9,14H2,1-2H3. The summed E-state index contributed by atoms with van der Waals surface area (Å²) in [5.41, 5.74) is 6.79. The van der Waals surface area contributed by atoms with E-state index in [-0.39, 0.29) is 12.1 Å². The third kappa shape index (κ3) is 3.48. The molecule has 100 valence electrons. The van der Waals surface area contributed by atoms with Crippen molar-refractivity contribution in [2.45, 2.75) is 32.4 Å². The third-order valence-electron chi connectivity index (χ3n) is 3.15. The molecule has 0 bridgehead atoms. The van der Waals surface area contributed by atoms with Crippen molar-refractivity contribution in [2.75, 3.05) is 26.2 Å². The van der Waals surface area contributed by atoms with Crippen LogP contribution in [0.4, 0.5) is 0 Å². The van der Waals surface area contributed by atoms with Crippen molar-refractivity contribution in [3.05, 3.63) is 23.8 Å². The Morgan fingerprint density at radius 1 is 1.61 bits per heavy atom. The lowest BCUT2D eigenvalue weighted by molar-refractivity contribution is -0.0326. The fourth-order valence-corrected chi connectivity index (χ4v) is 2.16. The monoisotopic (exact) mass is 250 g/mol. The first-order valence-corrected chi connectivity index (χ1v) is 6.60. The molecule has 0 spiro atoms. The summed E-state index contributed by atoms with van der Waals surface area (Å²) in [6, 6.07) is 2.04. The molecule has 2 N–H and O–H groups in total. The first-order valence-electron chi connectivity index (χ1n) is 6.60. The molecule has 0 aromatic carbocycles. The molecule has 2 rings (SSSR count). The number of nitrogens with two attached hydrogens (primary N) is 1. The second-order valence-electron chi connectivity index (χ2n) is 4.84. The molecule has 1 aromatic heterocycles. The zero-order valence-electron chi connectivity index (χ0n) is 11.2. The van der Waals surface area contributed by atoms with Crippen LogP contribution in [0.2, 0.25) is 0 Å². The SMILES string of the molecule is CCN1CCOC(c2nccc(CC(C)N)n2)C1. The maximum atomic E-state index is 5.80. The summed E-state index contributed by atoms with van der Waals surface area (Å²) < 4.78 is 5.76. The van der Waals surface area contributed by atoms with Crippen LogP contribution in [-0.4, -0.2) is 47.2 Å². The second-order valence-corrected chi connectivity index (χ2v) is 4.84. The van der Waals surface area contributed by atoms with Crippen molar-refractivity contribution in [3.8, 4) is 0 Å². The Hall–Kier alpha value is -1.04. The highest BCUT2D eigenvalue weighted by molar-refractivity contribution is 5.06. The summed E-state index contributed by atoms with van der Waals surface area (Å²) in [6.45, 7) is 7.80. The van der Waals surface area contributed by atoms with Crippen molar-refractivity contribution < 1.29 is 4.74 Å².